The minimum Gasteiger partial charge on any atom is -0.365 e. The third-order valence-corrected chi connectivity index (χ3v) is 3.73. The molecule has 2 heterocycles. The third-order valence-electron chi connectivity index (χ3n) is 3.45. The molecule has 0 aliphatic carbocycles. The number of nitrogens with one attached hydrogen (secondary N) is 1. The molecule has 0 spiro atoms. The molecule has 112 valence electrons. The molecule has 0 amide bonds. The summed E-state index contributed by atoms with van der Waals surface area (Å²) in [6.07, 6.45) is -0.00187. The summed E-state index contributed by atoms with van der Waals surface area (Å²) >= 11 is 6.12. The second kappa shape index (κ2) is 5.40. The average Bonchev–Trinajstić information content (AvgIpc) is 2.78. The topological polar surface area (TPSA) is 56.3 Å². The Bertz CT molecular complexity index is 675. The molecule has 5 nitrogen and oxygen atoms in total. The van der Waals surface area contributed by atoms with Crippen LogP contribution in [-0.4, -0.2) is 35.2 Å². The predicted molar refractivity (Wildman–Crippen MR) is 82.7 cm³/mol. The maximum Gasteiger partial charge on any atom is 0.163 e. The standard InChI is InChI=1S/C15H18ClN3O2/c1-9-4-5-11-12(6-9)13(16)18-19-14(11)17-7-10-8-20-15(2,3)21-10/h4-6,10H,7-8H2,1-3H3,(H,17,19)/t10-/m0/s1. The molecule has 21 heavy (non-hydrogen) atoms. The summed E-state index contributed by atoms with van der Waals surface area (Å²) < 4.78 is 11.3. The largest absolute Gasteiger partial charge is 0.365 e. The Balaban J connectivity index is 1.80. The zero-order chi connectivity index (χ0) is 15.0. The number of aryl methyl sites for hydroxylation is 1. The SMILES string of the molecule is Cc1ccc2c(NC[C@H]3COC(C)(C)O3)nnc(Cl)c2c1. The Morgan fingerprint density at radius 3 is 2.86 bits per heavy atom. The van der Waals surface area contributed by atoms with Crippen LogP contribution in [0, 0.1) is 6.92 Å². The zero-order valence-electron chi connectivity index (χ0n) is 12.3. The molecule has 1 aromatic carbocycles. The summed E-state index contributed by atoms with van der Waals surface area (Å²) in [7, 11) is 0. The Morgan fingerprint density at radius 1 is 1.33 bits per heavy atom. The minimum atomic E-state index is -0.517. The fraction of sp³-hybridized carbons (Fsp3) is 0.467. The molecular formula is C15H18ClN3O2. The van der Waals surface area contributed by atoms with Crippen molar-refractivity contribution in [3.63, 3.8) is 0 Å². The van der Waals surface area contributed by atoms with Crippen LogP contribution < -0.4 is 5.32 Å². The van der Waals surface area contributed by atoms with Gasteiger partial charge in [0, 0.05) is 17.3 Å². The molecule has 0 saturated carbocycles. The number of hydrogen-bond acceptors (Lipinski definition) is 5. The molecule has 1 aliphatic rings. The fourth-order valence-electron chi connectivity index (χ4n) is 2.44. The lowest BCUT2D eigenvalue weighted by Gasteiger charge is -2.17. The highest BCUT2D eigenvalue weighted by atomic mass is 35.5. The number of rotatable bonds is 3. The van der Waals surface area contributed by atoms with Crippen molar-refractivity contribution < 1.29 is 9.47 Å². The van der Waals surface area contributed by atoms with Gasteiger partial charge >= 0.3 is 0 Å². The number of ether oxygens (including phenoxy) is 2. The van der Waals surface area contributed by atoms with E-state index in [4.69, 9.17) is 21.1 Å². The molecular weight excluding hydrogens is 290 g/mol. The van der Waals surface area contributed by atoms with Gasteiger partial charge in [0.1, 0.15) is 6.10 Å². The number of halogens is 1. The molecule has 6 heteroatoms. The van der Waals surface area contributed by atoms with Gasteiger partial charge in [-0.1, -0.05) is 29.3 Å². The van der Waals surface area contributed by atoms with Crippen LogP contribution >= 0.6 is 11.6 Å². The second-order valence-electron chi connectivity index (χ2n) is 5.72. The van der Waals surface area contributed by atoms with Crippen LogP contribution in [0.1, 0.15) is 19.4 Å². The van der Waals surface area contributed by atoms with Crippen LogP contribution in [0.5, 0.6) is 0 Å². The first-order valence-electron chi connectivity index (χ1n) is 6.93. The van der Waals surface area contributed by atoms with E-state index in [1.54, 1.807) is 0 Å². The molecule has 0 bridgehead atoms. The summed E-state index contributed by atoms with van der Waals surface area (Å²) in [5.41, 5.74) is 1.14. The molecule has 1 aromatic heterocycles. The lowest BCUT2D eigenvalue weighted by molar-refractivity contribution is -0.136. The van der Waals surface area contributed by atoms with Gasteiger partial charge in [-0.05, 0) is 26.8 Å². The van der Waals surface area contributed by atoms with Crippen molar-refractivity contribution in [2.75, 3.05) is 18.5 Å². The Labute approximate surface area is 128 Å². The van der Waals surface area contributed by atoms with Gasteiger partial charge in [-0.2, -0.15) is 0 Å². The highest BCUT2D eigenvalue weighted by Crippen LogP contribution is 2.28. The van der Waals surface area contributed by atoms with Crippen LogP contribution in [0.4, 0.5) is 5.82 Å². The number of nitrogens with zero attached hydrogens (tertiary/aromatic N) is 2. The Hall–Kier alpha value is -1.43. The first-order chi connectivity index (χ1) is 9.94. The van der Waals surface area contributed by atoms with Crippen LogP contribution in [0.3, 0.4) is 0 Å². The van der Waals surface area contributed by atoms with E-state index in [-0.39, 0.29) is 6.10 Å². The van der Waals surface area contributed by atoms with Gasteiger partial charge in [0.25, 0.3) is 0 Å². The first kappa shape index (κ1) is 14.5. The highest BCUT2D eigenvalue weighted by molar-refractivity contribution is 6.34. The molecule has 1 saturated heterocycles. The van der Waals surface area contributed by atoms with Crippen molar-refractivity contribution in [2.24, 2.45) is 0 Å². The van der Waals surface area contributed by atoms with Crippen LogP contribution in [-0.2, 0) is 9.47 Å². The van der Waals surface area contributed by atoms with Crippen molar-refractivity contribution in [1.29, 1.82) is 0 Å². The van der Waals surface area contributed by atoms with Crippen molar-refractivity contribution >= 4 is 28.2 Å². The van der Waals surface area contributed by atoms with E-state index in [0.717, 1.165) is 16.3 Å². The van der Waals surface area contributed by atoms with E-state index in [9.17, 15) is 0 Å². The minimum absolute atomic E-state index is 0.00187. The van der Waals surface area contributed by atoms with Crippen molar-refractivity contribution in [3.8, 4) is 0 Å². The van der Waals surface area contributed by atoms with Gasteiger partial charge in [-0.15, -0.1) is 10.2 Å². The molecule has 1 fully saturated rings. The van der Waals surface area contributed by atoms with E-state index < -0.39 is 5.79 Å². The predicted octanol–water partition coefficient (Wildman–Crippen LogP) is 3.16. The van der Waals surface area contributed by atoms with Gasteiger partial charge in [0.2, 0.25) is 0 Å². The summed E-state index contributed by atoms with van der Waals surface area (Å²) in [5.74, 6) is 0.194. The smallest absolute Gasteiger partial charge is 0.163 e. The van der Waals surface area contributed by atoms with Gasteiger partial charge in [-0.25, -0.2) is 0 Å². The maximum absolute atomic E-state index is 6.12. The van der Waals surface area contributed by atoms with Gasteiger partial charge in [0.15, 0.2) is 16.8 Å². The lowest BCUT2D eigenvalue weighted by Crippen LogP contribution is -2.26. The quantitative estimate of drug-likeness (QED) is 0.944. The molecule has 1 atom stereocenters. The average molecular weight is 308 g/mol. The van der Waals surface area contributed by atoms with Crippen LogP contribution in [0.25, 0.3) is 10.8 Å². The number of hydrogen-bond donors (Lipinski definition) is 1. The summed E-state index contributed by atoms with van der Waals surface area (Å²) in [6.45, 7) is 7.02. The van der Waals surface area contributed by atoms with Gasteiger partial charge in [-0.3, -0.25) is 0 Å². The molecule has 1 aliphatic heterocycles. The third kappa shape index (κ3) is 3.10. The lowest BCUT2D eigenvalue weighted by atomic mass is 10.1. The Kier molecular flexibility index (Phi) is 3.73. The van der Waals surface area contributed by atoms with E-state index in [0.29, 0.717) is 24.1 Å². The summed E-state index contributed by atoms with van der Waals surface area (Å²) in [5, 5.41) is 13.7. The molecule has 1 N–H and O–H groups in total. The summed E-state index contributed by atoms with van der Waals surface area (Å²) in [4.78, 5) is 0. The van der Waals surface area contributed by atoms with Crippen molar-refractivity contribution in [3.05, 3.63) is 28.9 Å². The van der Waals surface area contributed by atoms with Crippen molar-refractivity contribution in [1.82, 2.24) is 10.2 Å². The number of fused-ring (bicyclic) bond motifs is 1. The number of benzene rings is 1. The monoisotopic (exact) mass is 307 g/mol. The number of anilines is 1. The molecule has 0 unspecified atom stereocenters. The van der Waals surface area contributed by atoms with Gasteiger partial charge < -0.3 is 14.8 Å². The number of aromatic nitrogens is 2. The van der Waals surface area contributed by atoms with Crippen LogP contribution in [0.2, 0.25) is 5.15 Å². The molecule has 3 rings (SSSR count). The summed E-state index contributed by atoms with van der Waals surface area (Å²) in [6, 6.07) is 6.04. The fourth-order valence-corrected chi connectivity index (χ4v) is 2.64. The molecule has 2 aromatic rings. The second-order valence-corrected chi connectivity index (χ2v) is 6.08. The normalized spacial score (nSPS) is 20.9. The van der Waals surface area contributed by atoms with E-state index in [1.165, 1.54) is 0 Å². The first-order valence-corrected chi connectivity index (χ1v) is 7.30. The van der Waals surface area contributed by atoms with E-state index >= 15 is 0 Å². The maximum atomic E-state index is 6.12. The van der Waals surface area contributed by atoms with Gasteiger partial charge in [0.05, 0.1) is 6.61 Å². The Morgan fingerprint density at radius 2 is 2.14 bits per heavy atom. The molecule has 0 radical (unpaired) electrons. The van der Waals surface area contributed by atoms with E-state index in [1.807, 2.05) is 39.0 Å². The highest BCUT2D eigenvalue weighted by Gasteiger charge is 2.32. The zero-order valence-corrected chi connectivity index (χ0v) is 13.1. The van der Waals surface area contributed by atoms with E-state index in [2.05, 4.69) is 15.5 Å². The van der Waals surface area contributed by atoms with Crippen molar-refractivity contribution in [2.45, 2.75) is 32.7 Å². The van der Waals surface area contributed by atoms with Crippen LogP contribution in [0.15, 0.2) is 18.2 Å².